The second-order valence-corrected chi connectivity index (χ2v) is 0.729. The Bertz CT molecular complexity index is 56.9. The van der Waals surface area contributed by atoms with Gasteiger partial charge in [-0.3, -0.25) is 4.79 Å². The van der Waals surface area contributed by atoms with E-state index in [4.69, 9.17) is 10.3 Å². The number of carboxylic acids is 1. The Morgan fingerprint density at radius 3 is 2.14 bits per heavy atom. The number of carboxylic acid groups (broad SMARTS) is 1. The number of rotatable bonds is 2. The Balaban J connectivity index is 0. The minimum atomic E-state index is -1.07. The molecule has 0 spiro atoms. The average Bonchev–Trinajstić information content (AvgIpc) is 1.35. The maximum atomic E-state index is 9.38. The molecular formula is C2H6NNaO3. The summed E-state index contributed by atoms with van der Waals surface area (Å²) in [6.07, 6.45) is 0. The normalized spacial score (nSPS) is 7.00. The van der Waals surface area contributed by atoms with Crippen molar-refractivity contribution in [1.82, 2.24) is 5.48 Å². The first-order chi connectivity index (χ1) is 2.77. The molecule has 0 aliphatic rings. The third-order valence-electron chi connectivity index (χ3n) is 0.230. The Morgan fingerprint density at radius 1 is 1.71 bits per heavy atom. The summed E-state index contributed by atoms with van der Waals surface area (Å²) >= 11 is 0. The molecule has 0 atom stereocenters. The van der Waals surface area contributed by atoms with Gasteiger partial charge in [0.2, 0.25) is 0 Å². The van der Waals surface area contributed by atoms with E-state index in [1.54, 1.807) is 0 Å². The fourth-order valence-electron chi connectivity index (χ4n) is 0.0676. The second kappa shape index (κ2) is 6.39. The van der Waals surface area contributed by atoms with E-state index in [1.807, 2.05) is 0 Å². The standard InChI is InChI=1S/C2H5NO3.Na.H/c4-2(5)1-3-6;;/h3,6H,1H2,(H,4,5);;. The summed E-state index contributed by atoms with van der Waals surface area (Å²) in [6.45, 7) is -0.403. The van der Waals surface area contributed by atoms with E-state index in [9.17, 15) is 4.79 Å². The van der Waals surface area contributed by atoms with Gasteiger partial charge in [0.15, 0.2) is 0 Å². The zero-order chi connectivity index (χ0) is 4.99. The Kier molecular flexibility index (Phi) is 9.48. The van der Waals surface area contributed by atoms with Crippen LogP contribution in [0.5, 0.6) is 0 Å². The fourth-order valence-corrected chi connectivity index (χ4v) is 0.0676. The van der Waals surface area contributed by atoms with Crippen molar-refractivity contribution in [2.24, 2.45) is 0 Å². The summed E-state index contributed by atoms with van der Waals surface area (Å²) < 4.78 is 0. The van der Waals surface area contributed by atoms with E-state index >= 15 is 0 Å². The summed E-state index contributed by atoms with van der Waals surface area (Å²) in [4.78, 5) is 9.38. The molecule has 0 heterocycles. The van der Waals surface area contributed by atoms with Gasteiger partial charge in [0.25, 0.3) is 0 Å². The predicted octanol–water partition coefficient (Wildman–Crippen LogP) is -1.60. The second-order valence-electron chi connectivity index (χ2n) is 0.729. The first kappa shape index (κ1) is 10.4. The molecule has 0 saturated heterocycles. The fraction of sp³-hybridized carbons (Fsp3) is 0.500. The summed E-state index contributed by atoms with van der Waals surface area (Å²) in [6, 6.07) is 0. The van der Waals surface area contributed by atoms with E-state index in [-0.39, 0.29) is 29.6 Å². The molecule has 0 aliphatic heterocycles. The van der Waals surface area contributed by atoms with Crippen molar-refractivity contribution in [3.05, 3.63) is 0 Å². The first-order valence-electron chi connectivity index (χ1n) is 1.36. The molecule has 0 aromatic rings. The summed E-state index contributed by atoms with van der Waals surface area (Å²) in [7, 11) is 0. The van der Waals surface area contributed by atoms with Gasteiger partial charge in [-0.25, -0.2) is 0 Å². The molecule has 3 N–H and O–H groups in total. The Morgan fingerprint density at radius 2 is 2.14 bits per heavy atom. The molecule has 0 aromatic carbocycles. The van der Waals surface area contributed by atoms with Crippen LogP contribution < -0.4 is 5.48 Å². The molecule has 5 heteroatoms. The monoisotopic (exact) mass is 115 g/mol. The van der Waals surface area contributed by atoms with Gasteiger partial charge >= 0.3 is 35.5 Å². The molecule has 0 amide bonds. The van der Waals surface area contributed by atoms with Gasteiger partial charge in [0.1, 0.15) is 6.54 Å². The molecule has 0 aliphatic carbocycles. The van der Waals surface area contributed by atoms with E-state index in [0.717, 1.165) is 0 Å². The van der Waals surface area contributed by atoms with Crippen LogP contribution in [0.25, 0.3) is 0 Å². The molecular weight excluding hydrogens is 109 g/mol. The van der Waals surface area contributed by atoms with Crippen LogP contribution in [0, 0.1) is 0 Å². The van der Waals surface area contributed by atoms with Crippen LogP contribution in [-0.2, 0) is 4.79 Å². The number of nitrogens with one attached hydrogen (secondary N) is 1. The van der Waals surface area contributed by atoms with Crippen molar-refractivity contribution in [2.45, 2.75) is 0 Å². The molecule has 4 nitrogen and oxygen atoms in total. The third-order valence-corrected chi connectivity index (χ3v) is 0.230. The Labute approximate surface area is 62.8 Å². The van der Waals surface area contributed by atoms with Crippen molar-refractivity contribution in [1.29, 1.82) is 0 Å². The van der Waals surface area contributed by atoms with E-state index in [0.29, 0.717) is 0 Å². The molecule has 0 bridgehead atoms. The predicted molar refractivity (Wildman–Crippen MR) is 24.6 cm³/mol. The maximum absolute atomic E-state index is 9.38. The number of aliphatic carboxylic acids is 1. The van der Waals surface area contributed by atoms with Crippen LogP contribution >= 0.6 is 0 Å². The number of hydrogen-bond acceptors (Lipinski definition) is 3. The third kappa shape index (κ3) is 10.7. The van der Waals surface area contributed by atoms with E-state index in [1.165, 1.54) is 5.48 Å². The van der Waals surface area contributed by atoms with Gasteiger partial charge in [0.05, 0.1) is 0 Å². The average molecular weight is 115 g/mol. The molecule has 7 heavy (non-hydrogen) atoms. The molecule has 38 valence electrons. The van der Waals surface area contributed by atoms with Crippen LogP contribution in [-0.4, -0.2) is 52.4 Å². The van der Waals surface area contributed by atoms with E-state index in [2.05, 4.69) is 0 Å². The minimum absolute atomic E-state index is 0. The molecule has 0 unspecified atom stereocenters. The summed E-state index contributed by atoms with van der Waals surface area (Å²) in [5.74, 6) is -1.07. The van der Waals surface area contributed by atoms with Gasteiger partial charge in [-0.15, -0.1) is 0 Å². The first-order valence-corrected chi connectivity index (χ1v) is 1.36. The SMILES string of the molecule is O=C(O)CNO.[NaH]. The van der Waals surface area contributed by atoms with Crippen LogP contribution in [0.15, 0.2) is 0 Å². The Hall–Kier alpha value is 0.390. The molecule has 0 rings (SSSR count). The van der Waals surface area contributed by atoms with Crippen molar-refractivity contribution in [3.8, 4) is 0 Å². The quantitative estimate of drug-likeness (QED) is 0.299. The van der Waals surface area contributed by atoms with E-state index < -0.39 is 12.5 Å². The number of hydrogen-bond donors (Lipinski definition) is 3. The number of hydroxylamine groups is 1. The van der Waals surface area contributed by atoms with Crippen LogP contribution in [0.2, 0.25) is 0 Å². The number of carbonyl (C=O) groups is 1. The van der Waals surface area contributed by atoms with Crippen molar-refractivity contribution in [2.75, 3.05) is 6.54 Å². The topological polar surface area (TPSA) is 69.6 Å². The zero-order valence-electron chi connectivity index (χ0n) is 3.01. The van der Waals surface area contributed by atoms with Gasteiger partial charge in [-0.1, -0.05) is 0 Å². The van der Waals surface area contributed by atoms with Crippen LogP contribution in [0.1, 0.15) is 0 Å². The van der Waals surface area contributed by atoms with Crippen molar-refractivity contribution >= 4 is 35.5 Å². The summed E-state index contributed by atoms with van der Waals surface area (Å²) in [5, 5.41) is 15.3. The van der Waals surface area contributed by atoms with Crippen molar-refractivity contribution < 1.29 is 15.1 Å². The van der Waals surface area contributed by atoms with Gasteiger partial charge in [-0.05, 0) is 0 Å². The van der Waals surface area contributed by atoms with Crippen molar-refractivity contribution in [3.63, 3.8) is 0 Å². The van der Waals surface area contributed by atoms with Gasteiger partial charge < -0.3 is 10.3 Å². The van der Waals surface area contributed by atoms with Crippen LogP contribution in [0.4, 0.5) is 0 Å². The molecule has 0 radical (unpaired) electrons. The summed E-state index contributed by atoms with van der Waals surface area (Å²) in [5.41, 5.74) is 1.47. The van der Waals surface area contributed by atoms with Gasteiger partial charge in [0, 0.05) is 0 Å². The molecule has 0 fully saturated rings. The molecule has 0 saturated carbocycles. The zero-order valence-corrected chi connectivity index (χ0v) is 3.01. The molecule has 0 aromatic heterocycles. The van der Waals surface area contributed by atoms with Crippen LogP contribution in [0.3, 0.4) is 0 Å². The van der Waals surface area contributed by atoms with Gasteiger partial charge in [-0.2, -0.15) is 5.48 Å².